The fourth-order valence-corrected chi connectivity index (χ4v) is 1.23. The summed E-state index contributed by atoms with van der Waals surface area (Å²) in [6, 6.07) is 0. The molecule has 1 atom stereocenters. The first-order valence-electron chi connectivity index (χ1n) is 4.53. The zero-order valence-electron chi connectivity index (χ0n) is 7.69. The van der Waals surface area contributed by atoms with Crippen molar-refractivity contribution in [3.05, 3.63) is 0 Å². The number of morpholine rings is 1. The Kier molecular flexibility index (Phi) is 5.26. The van der Waals surface area contributed by atoms with Gasteiger partial charge in [0.05, 0.1) is 33.0 Å². The number of aliphatic hydroxyl groups excluding tert-OH is 2. The number of hydrogen-bond donors (Lipinski definition) is 2. The van der Waals surface area contributed by atoms with Crippen LogP contribution in [0.1, 0.15) is 0 Å². The van der Waals surface area contributed by atoms with Crippen LogP contribution >= 0.6 is 0 Å². The molecule has 0 bridgehead atoms. The quantitative estimate of drug-likeness (QED) is 0.526. The van der Waals surface area contributed by atoms with Gasteiger partial charge in [-0.1, -0.05) is 0 Å². The zero-order chi connectivity index (χ0) is 9.52. The molecule has 0 radical (unpaired) electrons. The molecule has 0 aromatic heterocycles. The average Bonchev–Trinajstić information content (AvgIpc) is 2.19. The highest BCUT2D eigenvalue weighted by atomic mass is 16.5. The summed E-state index contributed by atoms with van der Waals surface area (Å²) < 4.78 is 10.2. The maximum absolute atomic E-state index is 9.56. The minimum absolute atomic E-state index is 0.00414. The topological polar surface area (TPSA) is 62.2 Å². The van der Waals surface area contributed by atoms with Crippen LogP contribution < -0.4 is 0 Å². The number of aliphatic hydroxyl groups is 2. The monoisotopic (exact) mass is 191 g/mol. The van der Waals surface area contributed by atoms with Gasteiger partial charge in [0.15, 0.2) is 0 Å². The number of rotatable bonds is 5. The lowest BCUT2D eigenvalue weighted by Crippen LogP contribution is -2.45. The Balaban J connectivity index is 2.09. The fourth-order valence-electron chi connectivity index (χ4n) is 1.23. The highest BCUT2D eigenvalue weighted by Crippen LogP contribution is 2.01. The van der Waals surface area contributed by atoms with Crippen molar-refractivity contribution >= 4 is 0 Å². The summed E-state index contributed by atoms with van der Waals surface area (Å²) in [7, 11) is 0. The van der Waals surface area contributed by atoms with Crippen molar-refractivity contribution in [2.24, 2.45) is 0 Å². The van der Waals surface area contributed by atoms with E-state index < -0.39 is 6.23 Å². The van der Waals surface area contributed by atoms with E-state index in [0.29, 0.717) is 13.2 Å². The molecule has 0 aromatic rings. The molecule has 78 valence electrons. The summed E-state index contributed by atoms with van der Waals surface area (Å²) in [6.07, 6.45) is -0.574. The van der Waals surface area contributed by atoms with Gasteiger partial charge in [-0.25, -0.2) is 0 Å². The van der Waals surface area contributed by atoms with Gasteiger partial charge in [0.25, 0.3) is 0 Å². The Hall–Kier alpha value is -0.200. The van der Waals surface area contributed by atoms with Crippen LogP contribution in [0, 0.1) is 0 Å². The maximum atomic E-state index is 9.56. The van der Waals surface area contributed by atoms with E-state index in [4.69, 9.17) is 14.6 Å². The molecule has 1 aliphatic rings. The molecule has 13 heavy (non-hydrogen) atoms. The van der Waals surface area contributed by atoms with E-state index in [1.165, 1.54) is 0 Å². The van der Waals surface area contributed by atoms with Crippen molar-refractivity contribution in [2.75, 3.05) is 46.1 Å². The van der Waals surface area contributed by atoms with E-state index in [9.17, 15) is 5.11 Å². The molecule has 0 spiro atoms. The molecule has 1 aliphatic heterocycles. The van der Waals surface area contributed by atoms with E-state index >= 15 is 0 Å². The van der Waals surface area contributed by atoms with Crippen molar-refractivity contribution in [1.29, 1.82) is 0 Å². The second kappa shape index (κ2) is 6.28. The predicted octanol–water partition coefficient (Wildman–Crippen LogP) is -1.35. The molecule has 0 saturated carbocycles. The highest BCUT2D eigenvalue weighted by Gasteiger charge is 2.18. The van der Waals surface area contributed by atoms with Crippen LogP contribution in [0.5, 0.6) is 0 Å². The van der Waals surface area contributed by atoms with E-state index in [1.54, 1.807) is 0 Å². The van der Waals surface area contributed by atoms with Crippen LogP contribution in [-0.2, 0) is 9.47 Å². The second-order valence-electron chi connectivity index (χ2n) is 2.93. The molecule has 0 aliphatic carbocycles. The Morgan fingerprint density at radius 3 is 2.69 bits per heavy atom. The molecule has 1 unspecified atom stereocenters. The van der Waals surface area contributed by atoms with Crippen molar-refractivity contribution in [1.82, 2.24) is 4.90 Å². The van der Waals surface area contributed by atoms with Gasteiger partial charge in [-0.3, -0.25) is 4.90 Å². The summed E-state index contributed by atoms with van der Waals surface area (Å²) in [6.45, 7) is 3.33. The van der Waals surface area contributed by atoms with Gasteiger partial charge in [0, 0.05) is 13.1 Å². The van der Waals surface area contributed by atoms with Crippen molar-refractivity contribution in [3.63, 3.8) is 0 Å². The molecule has 1 rings (SSSR count). The third-order valence-corrected chi connectivity index (χ3v) is 1.97. The van der Waals surface area contributed by atoms with E-state index in [1.807, 2.05) is 4.90 Å². The van der Waals surface area contributed by atoms with E-state index in [0.717, 1.165) is 13.1 Å². The van der Waals surface area contributed by atoms with Crippen LogP contribution in [0.3, 0.4) is 0 Å². The van der Waals surface area contributed by atoms with Gasteiger partial charge < -0.3 is 19.7 Å². The molecule has 1 saturated heterocycles. The fraction of sp³-hybridized carbons (Fsp3) is 1.00. The normalized spacial score (nSPS) is 21.7. The molecule has 5 heteroatoms. The predicted molar refractivity (Wildman–Crippen MR) is 46.3 cm³/mol. The SMILES string of the molecule is OCCOCC(O)N1CCOCC1. The van der Waals surface area contributed by atoms with Gasteiger partial charge in [0.1, 0.15) is 6.23 Å². The zero-order valence-corrected chi connectivity index (χ0v) is 7.69. The lowest BCUT2D eigenvalue weighted by molar-refractivity contribution is -0.0958. The number of nitrogens with zero attached hydrogens (tertiary/aromatic N) is 1. The molecule has 2 N–H and O–H groups in total. The number of ether oxygens (including phenoxy) is 2. The summed E-state index contributed by atoms with van der Waals surface area (Å²) in [5, 5.41) is 18.0. The molecular weight excluding hydrogens is 174 g/mol. The highest BCUT2D eigenvalue weighted by molar-refractivity contribution is 4.64. The lowest BCUT2D eigenvalue weighted by atomic mass is 10.4. The Morgan fingerprint density at radius 1 is 1.38 bits per heavy atom. The van der Waals surface area contributed by atoms with Gasteiger partial charge in [-0.15, -0.1) is 0 Å². The molecule has 0 aromatic carbocycles. The summed E-state index contributed by atoms with van der Waals surface area (Å²) >= 11 is 0. The van der Waals surface area contributed by atoms with Gasteiger partial charge >= 0.3 is 0 Å². The van der Waals surface area contributed by atoms with Crippen molar-refractivity contribution in [3.8, 4) is 0 Å². The molecule has 0 amide bonds. The van der Waals surface area contributed by atoms with Gasteiger partial charge in [-0.05, 0) is 0 Å². The average molecular weight is 191 g/mol. The molecule has 1 fully saturated rings. The minimum atomic E-state index is -0.574. The van der Waals surface area contributed by atoms with Crippen LogP contribution in [0.2, 0.25) is 0 Å². The first-order valence-corrected chi connectivity index (χ1v) is 4.53. The Bertz CT molecular complexity index is 127. The third-order valence-electron chi connectivity index (χ3n) is 1.97. The Morgan fingerprint density at radius 2 is 2.08 bits per heavy atom. The second-order valence-corrected chi connectivity index (χ2v) is 2.93. The standard InChI is InChI=1S/C8H17NO4/c10-3-6-13-7-8(11)9-1-4-12-5-2-9/h8,10-11H,1-7H2. The molecular formula is C8H17NO4. The van der Waals surface area contributed by atoms with Gasteiger partial charge in [-0.2, -0.15) is 0 Å². The third kappa shape index (κ3) is 4.02. The van der Waals surface area contributed by atoms with Crippen LogP contribution in [0.15, 0.2) is 0 Å². The maximum Gasteiger partial charge on any atom is 0.131 e. The summed E-state index contributed by atoms with van der Waals surface area (Å²) in [4.78, 5) is 1.90. The summed E-state index contributed by atoms with van der Waals surface area (Å²) in [5.41, 5.74) is 0. The minimum Gasteiger partial charge on any atom is -0.394 e. The van der Waals surface area contributed by atoms with E-state index in [-0.39, 0.29) is 19.8 Å². The first-order chi connectivity index (χ1) is 6.34. The smallest absolute Gasteiger partial charge is 0.131 e. The van der Waals surface area contributed by atoms with Crippen LogP contribution in [0.25, 0.3) is 0 Å². The van der Waals surface area contributed by atoms with Gasteiger partial charge in [0.2, 0.25) is 0 Å². The van der Waals surface area contributed by atoms with Crippen molar-refractivity contribution < 1.29 is 19.7 Å². The number of hydrogen-bond acceptors (Lipinski definition) is 5. The van der Waals surface area contributed by atoms with Crippen molar-refractivity contribution in [2.45, 2.75) is 6.23 Å². The lowest BCUT2D eigenvalue weighted by Gasteiger charge is -2.30. The Labute approximate surface area is 77.9 Å². The largest absolute Gasteiger partial charge is 0.394 e. The first kappa shape index (κ1) is 10.9. The molecule has 1 heterocycles. The van der Waals surface area contributed by atoms with Crippen LogP contribution in [0.4, 0.5) is 0 Å². The molecule has 5 nitrogen and oxygen atoms in total. The summed E-state index contributed by atoms with van der Waals surface area (Å²) in [5.74, 6) is 0. The van der Waals surface area contributed by atoms with E-state index in [2.05, 4.69) is 0 Å². The van der Waals surface area contributed by atoms with Crippen LogP contribution in [-0.4, -0.2) is 67.5 Å².